The lowest BCUT2D eigenvalue weighted by Crippen LogP contribution is -2.42. The summed E-state index contributed by atoms with van der Waals surface area (Å²) in [4.78, 5) is 16.6. The number of hydrogen-bond donors (Lipinski definition) is 3. The summed E-state index contributed by atoms with van der Waals surface area (Å²) in [5.41, 5.74) is 6.71. The van der Waals surface area contributed by atoms with Crippen LogP contribution in [0, 0.1) is 11.6 Å². The summed E-state index contributed by atoms with van der Waals surface area (Å²) in [6, 6.07) is 5.63. The van der Waals surface area contributed by atoms with Crippen LogP contribution in [0.3, 0.4) is 0 Å². The maximum absolute atomic E-state index is 13.3. The molecule has 1 heterocycles. The topological polar surface area (TPSA) is 88.2 Å². The zero-order chi connectivity index (χ0) is 20.2. The van der Waals surface area contributed by atoms with Crippen molar-refractivity contribution in [2.45, 2.75) is 51.3 Å². The number of benzene rings is 1. The van der Waals surface area contributed by atoms with Crippen LogP contribution in [0.25, 0.3) is 0 Å². The number of nitrogens with one attached hydrogen (secondary N) is 1. The molecule has 0 aliphatic heterocycles. The zero-order valence-electron chi connectivity index (χ0n) is 15.7. The molecule has 4 N–H and O–H groups in total. The van der Waals surface area contributed by atoms with Crippen LogP contribution in [-0.2, 0) is 12.8 Å². The van der Waals surface area contributed by atoms with Crippen molar-refractivity contribution in [1.82, 2.24) is 10.3 Å². The van der Waals surface area contributed by atoms with Crippen LogP contribution in [-0.4, -0.2) is 33.7 Å². The summed E-state index contributed by atoms with van der Waals surface area (Å²) in [5, 5.41) is 13.3. The van der Waals surface area contributed by atoms with E-state index in [1.165, 1.54) is 18.3 Å². The second kappa shape index (κ2) is 8.54. The van der Waals surface area contributed by atoms with E-state index in [0.717, 1.165) is 6.07 Å². The van der Waals surface area contributed by atoms with E-state index in [2.05, 4.69) is 10.3 Å². The van der Waals surface area contributed by atoms with Crippen molar-refractivity contribution in [3.05, 3.63) is 65.0 Å². The molecule has 0 aliphatic rings. The third kappa shape index (κ3) is 6.37. The smallest absolute Gasteiger partial charge is 0.253 e. The summed E-state index contributed by atoms with van der Waals surface area (Å²) in [5.74, 6) is -1.69. The average Bonchev–Trinajstić information content (AvgIpc) is 2.52. The molecule has 146 valence electrons. The van der Waals surface area contributed by atoms with E-state index < -0.39 is 29.3 Å². The molecule has 1 aromatic heterocycles. The number of carbonyl (C=O) groups excluding carboxylic acids is 1. The van der Waals surface area contributed by atoms with Crippen molar-refractivity contribution >= 4 is 5.91 Å². The van der Waals surface area contributed by atoms with Gasteiger partial charge in [-0.3, -0.25) is 9.78 Å². The molecular weight excluding hydrogens is 352 g/mol. The fourth-order valence-electron chi connectivity index (χ4n) is 2.70. The van der Waals surface area contributed by atoms with E-state index in [1.54, 1.807) is 12.1 Å². The van der Waals surface area contributed by atoms with Crippen molar-refractivity contribution < 1.29 is 18.7 Å². The number of nitrogens with zero attached hydrogens (tertiary/aromatic N) is 1. The molecular formula is C20H25F2N3O2. The lowest BCUT2D eigenvalue weighted by Gasteiger charge is -2.23. The molecule has 1 aromatic carbocycles. The highest BCUT2D eigenvalue weighted by molar-refractivity contribution is 5.95. The van der Waals surface area contributed by atoms with Crippen LogP contribution in [0.15, 0.2) is 36.5 Å². The molecule has 2 aromatic rings. The van der Waals surface area contributed by atoms with Crippen LogP contribution >= 0.6 is 0 Å². The van der Waals surface area contributed by atoms with Crippen LogP contribution in [0.1, 0.15) is 42.4 Å². The standard InChI is InChI=1S/C20H25F2N3O2/c1-20(2,3)25-19(27)15-5-4-6-24-17(15)11-18(26)16(23)9-12-7-13(21)10-14(22)8-12/h4-8,10,16,18,26H,9,11,23H2,1-3H3,(H,25,27). The number of pyridine rings is 1. The van der Waals surface area contributed by atoms with Gasteiger partial charge in [-0.15, -0.1) is 0 Å². The van der Waals surface area contributed by atoms with E-state index >= 15 is 0 Å². The highest BCUT2D eigenvalue weighted by atomic mass is 19.1. The highest BCUT2D eigenvalue weighted by Crippen LogP contribution is 2.15. The highest BCUT2D eigenvalue weighted by Gasteiger charge is 2.22. The number of nitrogens with two attached hydrogens (primary N) is 1. The lowest BCUT2D eigenvalue weighted by atomic mass is 9.97. The van der Waals surface area contributed by atoms with E-state index in [0.29, 0.717) is 16.8 Å². The normalized spacial score (nSPS) is 13.9. The summed E-state index contributed by atoms with van der Waals surface area (Å²) < 4.78 is 26.6. The Morgan fingerprint density at radius 3 is 2.44 bits per heavy atom. The molecule has 27 heavy (non-hydrogen) atoms. The number of aromatic nitrogens is 1. The number of hydrogen-bond acceptors (Lipinski definition) is 4. The van der Waals surface area contributed by atoms with E-state index in [-0.39, 0.29) is 18.7 Å². The van der Waals surface area contributed by atoms with Gasteiger partial charge in [-0.2, -0.15) is 0 Å². The van der Waals surface area contributed by atoms with Crippen molar-refractivity contribution in [3.8, 4) is 0 Å². The molecule has 0 bridgehead atoms. The fourth-order valence-corrected chi connectivity index (χ4v) is 2.70. The second-order valence-electron chi connectivity index (χ2n) is 7.62. The van der Waals surface area contributed by atoms with Gasteiger partial charge in [-0.25, -0.2) is 8.78 Å². The van der Waals surface area contributed by atoms with Gasteiger partial charge in [-0.05, 0) is 57.0 Å². The Bertz CT molecular complexity index is 786. The first-order valence-corrected chi connectivity index (χ1v) is 8.70. The lowest BCUT2D eigenvalue weighted by molar-refractivity contribution is 0.0916. The van der Waals surface area contributed by atoms with Crippen molar-refractivity contribution in [2.75, 3.05) is 0 Å². The van der Waals surface area contributed by atoms with Gasteiger partial charge in [0.25, 0.3) is 5.91 Å². The van der Waals surface area contributed by atoms with Gasteiger partial charge in [0.1, 0.15) is 11.6 Å². The van der Waals surface area contributed by atoms with E-state index in [1.807, 2.05) is 20.8 Å². The Kier molecular flexibility index (Phi) is 6.62. The van der Waals surface area contributed by atoms with Gasteiger partial charge in [0, 0.05) is 30.3 Å². The molecule has 0 saturated carbocycles. The van der Waals surface area contributed by atoms with Crippen LogP contribution in [0.5, 0.6) is 0 Å². The molecule has 7 heteroatoms. The number of aliphatic hydroxyl groups excluding tert-OH is 1. The summed E-state index contributed by atoms with van der Waals surface area (Å²) >= 11 is 0. The molecule has 0 fully saturated rings. The first-order valence-electron chi connectivity index (χ1n) is 8.70. The maximum atomic E-state index is 13.3. The van der Waals surface area contributed by atoms with E-state index in [9.17, 15) is 18.7 Å². The first kappa shape index (κ1) is 20.9. The first-order chi connectivity index (χ1) is 12.5. The van der Waals surface area contributed by atoms with Gasteiger partial charge in [0.2, 0.25) is 0 Å². The van der Waals surface area contributed by atoms with Gasteiger partial charge >= 0.3 is 0 Å². The number of aliphatic hydroxyl groups is 1. The third-order valence-corrected chi connectivity index (χ3v) is 3.91. The number of carbonyl (C=O) groups is 1. The van der Waals surface area contributed by atoms with Gasteiger partial charge in [0.15, 0.2) is 0 Å². The van der Waals surface area contributed by atoms with Crippen LogP contribution in [0.4, 0.5) is 8.78 Å². The van der Waals surface area contributed by atoms with Crippen molar-refractivity contribution in [3.63, 3.8) is 0 Å². The van der Waals surface area contributed by atoms with Crippen molar-refractivity contribution in [2.24, 2.45) is 5.73 Å². The third-order valence-electron chi connectivity index (χ3n) is 3.91. The minimum absolute atomic E-state index is 0.0483. The summed E-state index contributed by atoms with van der Waals surface area (Å²) in [6.07, 6.45) is 0.634. The molecule has 0 saturated heterocycles. The zero-order valence-corrected chi connectivity index (χ0v) is 15.7. The quantitative estimate of drug-likeness (QED) is 0.721. The maximum Gasteiger partial charge on any atom is 0.253 e. The Balaban J connectivity index is 2.10. The van der Waals surface area contributed by atoms with Gasteiger partial charge in [-0.1, -0.05) is 0 Å². The predicted octanol–water partition coefficient (Wildman–Crippen LogP) is 2.36. The summed E-state index contributed by atoms with van der Waals surface area (Å²) in [6.45, 7) is 5.59. The van der Waals surface area contributed by atoms with Crippen LogP contribution < -0.4 is 11.1 Å². The molecule has 0 aliphatic carbocycles. The minimum Gasteiger partial charge on any atom is -0.391 e. The van der Waals surface area contributed by atoms with Gasteiger partial charge in [0.05, 0.1) is 17.4 Å². The second-order valence-corrected chi connectivity index (χ2v) is 7.62. The number of amides is 1. The van der Waals surface area contributed by atoms with Gasteiger partial charge < -0.3 is 16.2 Å². The monoisotopic (exact) mass is 377 g/mol. The SMILES string of the molecule is CC(C)(C)NC(=O)c1cccnc1CC(O)C(N)Cc1cc(F)cc(F)c1. The molecule has 0 spiro atoms. The molecule has 2 unspecified atom stereocenters. The molecule has 2 atom stereocenters. The molecule has 0 radical (unpaired) electrons. The molecule has 5 nitrogen and oxygen atoms in total. The fraction of sp³-hybridized carbons (Fsp3) is 0.400. The summed E-state index contributed by atoms with van der Waals surface area (Å²) in [7, 11) is 0. The molecule has 2 rings (SSSR count). The average molecular weight is 377 g/mol. The predicted molar refractivity (Wildman–Crippen MR) is 99.2 cm³/mol. The minimum atomic E-state index is -1.03. The molecule has 1 amide bonds. The number of rotatable bonds is 6. The van der Waals surface area contributed by atoms with Crippen molar-refractivity contribution in [1.29, 1.82) is 0 Å². The largest absolute Gasteiger partial charge is 0.391 e. The van der Waals surface area contributed by atoms with Crippen LogP contribution in [0.2, 0.25) is 0 Å². The Labute approximate surface area is 157 Å². The van der Waals surface area contributed by atoms with E-state index in [4.69, 9.17) is 5.73 Å². The Hall–Kier alpha value is -2.38. The Morgan fingerprint density at radius 1 is 1.22 bits per heavy atom. The Morgan fingerprint density at radius 2 is 1.85 bits per heavy atom. The number of halogens is 2.